The van der Waals surface area contributed by atoms with Crippen molar-refractivity contribution < 1.29 is 4.84 Å². The van der Waals surface area contributed by atoms with Crippen molar-refractivity contribution >= 4 is 17.0 Å². The summed E-state index contributed by atoms with van der Waals surface area (Å²) in [6, 6.07) is 7.94. The van der Waals surface area contributed by atoms with Gasteiger partial charge in [0.1, 0.15) is 6.26 Å². The number of benzene rings is 1. The van der Waals surface area contributed by atoms with E-state index < -0.39 is 0 Å². The van der Waals surface area contributed by atoms with Gasteiger partial charge in [-0.2, -0.15) is 11.0 Å². The van der Waals surface area contributed by atoms with E-state index in [2.05, 4.69) is 21.6 Å². The molecule has 0 saturated heterocycles. The van der Waals surface area contributed by atoms with Crippen molar-refractivity contribution in [2.24, 2.45) is 5.90 Å². The molecule has 0 bridgehead atoms. The number of rotatable bonds is 4. The normalized spacial score (nSPS) is 11.6. The molecule has 17 heavy (non-hydrogen) atoms. The minimum absolute atomic E-state index is 0.780. The van der Waals surface area contributed by atoms with Gasteiger partial charge in [0.05, 0.1) is 11.2 Å². The molecule has 0 unspecified atom stereocenters. The van der Waals surface area contributed by atoms with Crippen molar-refractivity contribution in [2.45, 2.75) is 0 Å². The van der Waals surface area contributed by atoms with Gasteiger partial charge in [-0.1, -0.05) is 30.9 Å². The first-order chi connectivity index (χ1) is 8.31. The minimum Gasteiger partial charge on any atom is -0.419 e. The fourth-order valence-corrected chi connectivity index (χ4v) is 1.48. The van der Waals surface area contributed by atoms with Crippen molar-refractivity contribution in [1.29, 1.82) is 0 Å². The number of hydrogen-bond donors (Lipinski definition) is 2. The van der Waals surface area contributed by atoms with Crippen LogP contribution in [0.5, 0.6) is 0 Å². The molecule has 1 heterocycles. The lowest BCUT2D eigenvalue weighted by atomic mass is 10.2. The summed E-state index contributed by atoms with van der Waals surface area (Å²) in [5.41, 5.74) is 2.67. The molecule has 0 fully saturated rings. The Morgan fingerprint density at radius 3 is 3.00 bits per heavy atom. The second kappa shape index (κ2) is 5.14. The van der Waals surface area contributed by atoms with Crippen LogP contribution >= 0.6 is 0 Å². The monoisotopic (exact) mass is 227 g/mol. The van der Waals surface area contributed by atoms with E-state index in [0.717, 1.165) is 22.2 Å². The average molecular weight is 227 g/mol. The van der Waals surface area contributed by atoms with Crippen LogP contribution in [-0.2, 0) is 4.84 Å². The first kappa shape index (κ1) is 11.2. The number of nitrogens with zero attached hydrogens (tertiary/aromatic N) is 1. The third-order valence-corrected chi connectivity index (χ3v) is 2.32. The van der Waals surface area contributed by atoms with Crippen molar-refractivity contribution in [1.82, 2.24) is 10.2 Å². The lowest BCUT2D eigenvalue weighted by molar-refractivity contribution is 0.261. The number of H-pyrrole nitrogens is 1. The Morgan fingerprint density at radius 2 is 2.18 bits per heavy atom. The predicted octanol–water partition coefficient (Wildman–Crippen LogP) is 2.54. The number of nitrogens with one attached hydrogen (secondary N) is 1. The summed E-state index contributed by atoms with van der Waals surface area (Å²) in [5.74, 6) is 4.87. The molecule has 86 valence electrons. The summed E-state index contributed by atoms with van der Waals surface area (Å²) in [6.07, 6.45) is 6.78. The second-order valence-electron chi connectivity index (χ2n) is 3.50. The van der Waals surface area contributed by atoms with E-state index in [-0.39, 0.29) is 0 Å². The summed E-state index contributed by atoms with van der Waals surface area (Å²) >= 11 is 0. The van der Waals surface area contributed by atoms with Gasteiger partial charge >= 0.3 is 0 Å². The summed E-state index contributed by atoms with van der Waals surface area (Å²) < 4.78 is 0. The van der Waals surface area contributed by atoms with Gasteiger partial charge in [0.15, 0.2) is 0 Å². The minimum atomic E-state index is 0.780. The molecular weight excluding hydrogens is 214 g/mol. The van der Waals surface area contributed by atoms with Crippen LogP contribution in [0, 0.1) is 0 Å². The standard InChI is InChI=1S/C13H13N3O/c1-10(8-9-17-14)6-7-13-11-4-2-3-5-12(11)15-16-13/h2-9H,1,14H2,(H,15,16)/b7-6+,9-8-. The molecule has 4 nitrogen and oxygen atoms in total. The van der Waals surface area contributed by atoms with Gasteiger partial charge in [0, 0.05) is 5.39 Å². The van der Waals surface area contributed by atoms with Gasteiger partial charge in [-0.15, -0.1) is 0 Å². The van der Waals surface area contributed by atoms with Crippen molar-refractivity contribution in [2.75, 3.05) is 0 Å². The summed E-state index contributed by atoms with van der Waals surface area (Å²) in [4.78, 5) is 4.32. The van der Waals surface area contributed by atoms with Crippen molar-refractivity contribution in [3.05, 3.63) is 60.5 Å². The Balaban J connectivity index is 2.21. The Kier molecular flexibility index (Phi) is 3.37. The number of allylic oxidation sites excluding steroid dienone is 3. The highest BCUT2D eigenvalue weighted by atomic mass is 16.6. The van der Waals surface area contributed by atoms with Gasteiger partial charge in [-0.25, -0.2) is 0 Å². The highest BCUT2D eigenvalue weighted by Gasteiger charge is 1.99. The summed E-state index contributed by atoms with van der Waals surface area (Å²) in [5, 5.41) is 8.26. The zero-order valence-electron chi connectivity index (χ0n) is 9.26. The molecule has 0 saturated carbocycles. The zero-order chi connectivity index (χ0) is 12.1. The molecule has 1 aromatic heterocycles. The van der Waals surface area contributed by atoms with Gasteiger partial charge in [0.2, 0.25) is 0 Å². The molecule has 2 aromatic rings. The number of aromatic amines is 1. The van der Waals surface area contributed by atoms with Crippen LogP contribution in [0.4, 0.5) is 0 Å². The maximum Gasteiger partial charge on any atom is 0.111 e. The van der Waals surface area contributed by atoms with Crippen LogP contribution in [0.25, 0.3) is 17.0 Å². The van der Waals surface area contributed by atoms with Crippen LogP contribution in [0.1, 0.15) is 5.69 Å². The van der Waals surface area contributed by atoms with Gasteiger partial charge in [-0.3, -0.25) is 5.10 Å². The summed E-state index contributed by atoms with van der Waals surface area (Å²) in [7, 11) is 0. The largest absolute Gasteiger partial charge is 0.419 e. The maximum absolute atomic E-state index is 4.87. The lowest BCUT2D eigenvalue weighted by Crippen LogP contribution is -1.87. The Morgan fingerprint density at radius 1 is 1.35 bits per heavy atom. The van der Waals surface area contributed by atoms with E-state index in [1.54, 1.807) is 6.08 Å². The molecule has 0 aliphatic carbocycles. The van der Waals surface area contributed by atoms with E-state index in [1.165, 1.54) is 6.26 Å². The van der Waals surface area contributed by atoms with Crippen LogP contribution < -0.4 is 5.90 Å². The molecule has 2 rings (SSSR count). The topological polar surface area (TPSA) is 63.9 Å². The third-order valence-electron chi connectivity index (χ3n) is 2.32. The van der Waals surface area contributed by atoms with Crippen LogP contribution in [-0.4, -0.2) is 10.2 Å². The average Bonchev–Trinajstić information content (AvgIpc) is 2.77. The van der Waals surface area contributed by atoms with Crippen LogP contribution in [0.3, 0.4) is 0 Å². The van der Waals surface area contributed by atoms with Crippen LogP contribution in [0.15, 0.2) is 54.8 Å². The molecule has 4 heteroatoms. The van der Waals surface area contributed by atoms with Gasteiger partial charge in [-0.05, 0) is 23.8 Å². The Labute approximate surface area is 99.0 Å². The van der Waals surface area contributed by atoms with E-state index in [4.69, 9.17) is 5.90 Å². The highest BCUT2D eigenvalue weighted by Crippen LogP contribution is 2.16. The SMILES string of the molecule is C=C(/C=C\ON)/C=C/c1n[nH]c2ccccc12. The van der Waals surface area contributed by atoms with Crippen molar-refractivity contribution in [3.63, 3.8) is 0 Å². The molecule has 0 amide bonds. The molecule has 0 radical (unpaired) electrons. The first-order valence-electron chi connectivity index (χ1n) is 5.13. The number of hydrogen-bond acceptors (Lipinski definition) is 3. The maximum atomic E-state index is 4.87. The van der Waals surface area contributed by atoms with E-state index in [0.29, 0.717) is 0 Å². The van der Waals surface area contributed by atoms with E-state index in [1.807, 2.05) is 36.4 Å². The van der Waals surface area contributed by atoms with E-state index >= 15 is 0 Å². The highest BCUT2D eigenvalue weighted by molar-refractivity contribution is 5.86. The smallest absolute Gasteiger partial charge is 0.111 e. The molecule has 3 N–H and O–H groups in total. The fraction of sp³-hybridized carbons (Fsp3) is 0. The number of para-hydroxylation sites is 1. The van der Waals surface area contributed by atoms with Crippen LogP contribution in [0.2, 0.25) is 0 Å². The molecular formula is C13H13N3O. The Bertz CT molecular complexity index is 581. The molecule has 0 aliphatic heterocycles. The van der Waals surface area contributed by atoms with Gasteiger partial charge in [0.25, 0.3) is 0 Å². The van der Waals surface area contributed by atoms with Crippen molar-refractivity contribution in [3.8, 4) is 0 Å². The first-order valence-corrected chi connectivity index (χ1v) is 5.13. The zero-order valence-corrected chi connectivity index (χ0v) is 9.26. The number of fused-ring (bicyclic) bond motifs is 1. The molecule has 1 aromatic carbocycles. The number of aromatic nitrogens is 2. The summed E-state index contributed by atoms with van der Waals surface area (Å²) in [6.45, 7) is 3.82. The van der Waals surface area contributed by atoms with E-state index in [9.17, 15) is 0 Å². The second-order valence-corrected chi connectivity index (χ2v) is 3.50. The van der Waals surface area contributed by atoms with Gasteiger partial charge < -0.3 is 4.84 Å². The predicted molar refractivity (Wildman–Crippen MR) is 68.7 cm³/mol. The lowest BCUT2D eigenvalue weighted by Gasteiger charge is -1.90. The quantitative estimate of drug-likeness (QED) is 0.479. The molecule has 0 atom stereocenters. The Hall–Kier alpha value is -2.33. The number of nitrogens with two attached hydrogens (primary N) is 1. The third kappa shape index (κ3) is 2.62. The molecule has 0 aliphatic rings. The fourth-order valence-electron chi connectivity index (χ4n) is 1.48. The molecule has 0 spiro atoms.